The molecule has 1 aromatic rings. The molecule has 1 N–H and O–H groups in total. The molecule has 0 spiro atoms. The molecule has 0 atom stereocenters. The molecule has 19 heavy (non-hydrogen) atoms. The first-order chi connectivity index (χ1) is 8.88. The van der Waals surface area contributed by atoms with Crippen molar-refractivity contribution in [3.05, 3.63) is 35.9 Å². The van der Waals surface area contributed by atoms with Crippen molar-refractivity contribution in [2.24, 2.45) is 23.7 Å². The van der Waals surface area contributed by atoms with Crippen molar-refractivity contribution in [2.45, 2.75) is 44.7 Å². The molecule has 0 aromatic heterocycles. The highest BCUT2D eigenvalue weighted by molar-refractivity contribution is 5.85. The van der Waals surface area contributed by atoms with Crippen molar-refractivity contribution < 1.29 is 0 Å². The summed E-state index contributed by atoms with van der Waals surface area (Å²) in [6.45, 7) is 1.06. The van der Waals surface area contributed by atoms with E-state index in [4.69, 9.17) is 0 Å². The van der Waals surface area contributed by atoms with Crippen LogP contribution in [-0.4, -0.2) is 6.04 Å². The third-order valence-corrected chi connectivity index (χ3v) is 5.61. The summed E-state index contributed by atoms with van der Waals surface area (Å²) < 4.78 is 0. The van der Waals surface area contributed by atoms with Crippen LogP contribution in [0.15, 0.2) is 30.3 Å². The van der Waals surface area contributed by atoms with E-state index in [2.05, 4.69) is 35.6 Å². The van der Waals surface area contributed by atoms with Gasteiger partial charge in [-0.25, -0.2) is 0 Å². The lowest BCUT2D eigenvalue weighted by Crippen LogP contribution is -2.54. The summed E-state index contributed by atoms with van der Waals surface area (Å²) in [5.74, 6) is 4.15. The number of rotatable bonds is 3. The van der Waals surface area contributed by atoms with Gasteiger partial charge in [-0.2, -0.15) is 0 Å². The van der Waals surface area contributed by atoms with Crippen molar-refractivity contribution in [1.82, 2.24) is 5.32 Å². The van der Waals surface area contributed by atoms with Crippen molar-refractivity contribution in [3.63, 3.8) is 0 Å². The highest BCUT2D eigenvalue weighted by Crippen LogP contribution is 2.53. The van der Waals surface area contributed by atoms with E-state index in [0.717, 1.165) is 36.3 Å². The SMILES string of the molecule is Cl.c1ccc(CNC2C3CC4CC(C3)CC2C4)cc1. The van der Waals surface area contributed by atoms with E-state index in [9.17, 15) is 0 Å². The van der Waals surface area contributed by atoms with Gasteiger partial charge in [-0.15, -0.1) is 12.4 Å². The van der Waals surface area contributed by atoms with Crippen LogP contribution in [-0.2, 0) is 6.54 Å². The molecule has 4 aliphatic rings. The molecule has 5 rings (SSSR count). The smallest absolute Gasteiger partial charge is 0.0208 e. The van der Waals surface area contributed by atoms with Crippen molar-refractivity contribution in [2.75, 3.05) is 0 Å². The summed E-state index contributed by atoms with van der Waals surface area (Å²) in [7, 11) is 0. The lowest BCUT2D eigenvalue weighted by atomic mass is 9.54. The first-order valence-corrected chi connectivity index (χ1v) is 7.66. The molecule has 104 valence electrons. The monoisotopic (exact) mass is 277 g/mol. The van der Waals surface area contributed by atoms with Crippen LogP contribution in [0.5, 0.6) is 0 Å². The Bertz CT molecular complexity index is 389. The van der Waals surface area contributed by atoms with Crippen molar-refractivity contribution >= 4 is 12.4 Å². The zero-order chi connectivity index (χ0) is 11.9. The maximum Gasteiger partial charge on any atom is 0.0208 e. The Kier molecular flexibility index (Phi) is 3.86. The van der Waals surface area contributed by atoms with Crippen LogP contribution in [0, 0.1) is 23.7 Å². The molecule has 4 bridgehead atoms. The lowest BCUT2D eigenvalue weighted by Gasteiger charge is -2.54. The Morgan fingerprint density at radius 1 is 0.842 bits per heavy atom. The molecule has 4 aliphatic carbocycles. The normalized spacial score (nSPS) is 39.1. The Labute approximate surface area is 122 Å². The van der Waals surface area contributed by atoms with Crippen molar-refractivity contribution in [3.8, 4) is 0 Å². The van der Waals surface area contributed by atoms with Gasteiger partial charge in [0.05, 0.1) is 0 Å². The van der Waals surface area contributed by atoms with E-state index < -0.39 is 0 Å². The molecular weight excluding hydrogens is 254 g/mol. The van der Waals surface area contributed by atoms with E-state index in [-0.39, 0.29) is 12.4 Å². The van der Waals surface area contributed by atoms with E-state index in [1.165, 1.54) is 31.2 Å². The molecule has 0 heterocycles. The van der Waals surface area contributed by atoms with Gasteiger partial charge in [-0.1, -0.05) is 30.3 Å². The van der Waals surface area contributed by atoms with Gasteiger partial charge < -0.3 is 5.32 Å². The molecule has 0 aliphatic heterocycles. The second-order valence-corrected chi connectivity index (χ2v) is 6.82. The molecule has 1 aromatic carbocycles. The van der Waals surface area contributed by atoms with E-state index in [0.29, 0.717) is 0 Å². The van der Waals surface area contributed by atoms with Gasteiger partial charge in [-0.3, -0.25) is 0 Å². The molecule has 4 saturated carbocycles. The molecule has 0 unspecified atom stereocenters. The molecule has 4 fully saturated rings. The van der Waals surface area contributed by atoms with E-state index >= 15 is 0 Å². The van der Waals surface area contributed by atoms with Gasteiger partial charge in [-0.05, 0) is 61.3 Å². The van der Waals surface area contributed by atoms with Crippen LogP contribution in [0.2, 0.25) is 0 Å². The maximum absolute atomic E-state index is 3.88. The van der Waals surface area contributed by atoms with Gasteiger partial charge in [0, 0.05) is 12.6 Å². The highest BCUT2D eigenvalue weighted by Gasteiger charge is 2.47. The second-order valence-electron chi connectivity index (χ2n) is 6.82. The average molecular weight is 278 g/mol. The number of halogens is 1. The Morgan fingerprint density at radius 2 is 1.42 bits per heavy atom. The van der Waals surface area contributed by atoms with Gasteiger partial charge in [0.1, 0.15) is 0 Å². The van der Waals surface area contributed by atoms with Crippen LogP contribution < -0.4 is 5.32 Å². The quantitative estimate of drug-likeness (QED) is 0.880. The summed E-state index contributed by atoms with van der Waals surface area (Å²) in [6.07, 6.45) is 7.61. The summed E-state index contributed by atoms with van der Waals surface area (Å²) >= 11 is 0. The maximum atomic E-state index is 3.88. The predicted molar refractivity (Wildman–Crippen MR) is 81.4 cm³/mol. The number of hydrogen-bond donors (Lipinski definition) is 1. The largest absolute Gasteiger partial charge is 0.309 e. The van der Waals surface area contributed by atoms with Crippen LogP contribution in [0.25, 0.3) is 0 Å². The first-order valence-electron chi connectivity index (χ1n) is 7.66. The Morgan fingerprint density at radius 3 is 2.00 bits per heavy atom. The van der Waals surface area contributed by atoms with E-state index in [1.54, 1.807) is 6.42 Å². The average Bonchev–Trinajstić information content (AvgIpc) is 2.38. The zero-order valence-electron chi connectivity index (χ0n) is 11.4. The van der Waals surface area contributed by atoms with Gasteiger partial charge in [0.2, 0.25) is 0 Å². The van der Waals surface area contributed by atoms with E-state index in [1.807, 2.05) is 0 Å². The lowest BCUT2D eigenvalue weighted by molar-refractivity contribution is -0.0142. The van der Waals surface area contributed by atoms with Crippen molar-refractivity contribution in [1.29, 1.82) is 0 Å². The third-order valence-electron chi connectivity index (χ3n) is 5.61. The van der Waals surface area contributed by atoms with Crippen LogP contribution in [0.1, 0.15) is 37.7 Å². The number of hydrogen-bond acceptors (Lipinski definition) is 1. The molecule has 1 nitrogen and oxygen atoms in total. The summed E-state index contributed by atoms with van der Waals surface area (Å²) in [5, 5.41) is 3.88. The molecular formula is C17H24ClN. The fourth-order valence-corrected chi connectivity index (χ4v) is 5.09. The summed E-state index contributed by atoms with van der Waals surface area (Å²) in [6, 6.07) is 11.7. The summed E-state index contributed by atoms with van der Waals surface area (Å²) in [5.41, 5.74) is 1.44. The second kappa shape index (κ2) is 5.46. The van der Waals surface area contributed by atoms with Gasteiger partial charge >= 0.3 is 0 Å². The Hall–Kier alpha value is -0.530. The predicted octanol–water partition coefficient (Wildman–Crippen LogP) is 4.02. The van der Waals surface area contributed by atoms with Gasteiger partial charge in [0.25, 0.3) is 0 Å². The number of nitrogens with one attached hydrogen (secondary N) is 1. The summed E-state index contributed by atoms with van der Waals surface area (Å²) in [4.78, 5) is 0. The fraction of sp³-hybridized carbons (Fsp3) is 0.647. The van der Waals surface area contributed by atoms with Crippen LogP contribution in [0.3, 0.4) is 0 Å². The van der Waals surface area contributed by atoms with Gasteiger partial charge in [0.15, 0.2) is 0 Å². The fourth-order valence-electron chi connectivity index (χ4n) is 5.09. The molecule has 2 heteroatoms. The molecule has 0 radical (unpaired) electrons. The minimum absolute atomic E-state index is 0. The zero-order valence-corrected chi connectivity index (χ0v) is 12.2. The topological polar surface area (TPSA) is 12.0 Å². The molecule has 0 saturated heterocycles. The Balaban J connectivity index is 0.00000110. The third kappa shape index (κ3) is 2.55. The van der Waals surface area contributed by atoms with Crippen LogP contribution >= 0.6 is 12.4 Å². The minimum atomic E-state index is 0. The highest BCUT2D eigenvalue weighted by atomic mass is 35.5. The number of benzene rings is 1. The minimum Gasteiger partial charge on any atom is -0.309 e. The standard InChI is InChI=1S/C17H23N.ClH/c1-2-4-12(5-3-1)11-18-17-15-7-13-6-14(9-15)10-16(17)8-13;/h1-5,13-18H,6-11H2;1H. The van der Waals surface area contributed by atoms with Crippen LogP contribution in [0.4, 0.5) is 0 Å². The molecule has 0 amide bonds. The first kappa shape index (κ1) is 13.5.